The summed E-state index contributed by atoms with van der Waals surface area (Å²) in [6, 6.07) is 7.70. The van der Waals surface area contributed by atoms with Crippen molar-refractivity contribution in [3.8, 4) is 0 Å². The molecule has 0 unspecified atom stereocenters. The Morgan fingerprint density at radius 3 is 2.72 bits per heavy atom. The van der Waals surface area contributed by atoms with Crippen molar-refractivity contribution in [2.24, 2.45) is 0 Å². The van der Waals surface area contributed by atoms with E-state index in [9.17, 15) is 9.18 Å². The van der Waals surface area contributed by atoms with Gasteiger partial charge in [0.2, 0.25) is 5.91 Å². The van der Waals surface area contributed by atoms with Gasteiger partial charge in [-0.3, -0.25) is 14.4 Å². The maximum atomic E-state index is 12.8. The van der Waals surface area contributed by atoms with Crippen molar-refractivity contribution < 1.29 is 13.9 Å². The number of morpholine rings is 1. The molecule has 1 aromatic heterocycles. The molecule has 1 amide bonds. The van der Waals surface area contributed by atoms with Crippen molar-refractivity contribution in [3.05, 3.63) is 54.0 Å². The number of hydrogen-bond acceptors (Lipinski definition) is 4. The molecule has 0 atom stereocenters. The average molecular weight is 344 g/mol. The van der Waals surface area contributed by atoms with E-state index >= 15 is 0 Å². The molecule has 1 fully saturated rings. The summed E-state index contributed by atoms with van der Waals surface area (Å²) in [5, 5.41) is 7.06. The number of ether oxygens (including phenoxy) is 1. The van der Waals surface area contributed by atoms with Crippen molar-refractivity contribution in [2.45, 2.75) is 6.54 Å². The van der Waals surface area contributed by atoms with Crippen LogP contribution in [0.25, 0.3) is 6.08 Å². The molecule has 6 nitrogen and oxygen atoms in total. The summed E-state index contributed by atoms with van der Waals surface area (Å²) in [6.07, 6.45) is 4.88. The second-order valence-electron chi connectivity index (χ2n) is 5.79. The van der Waals surface area contributed by atoms with Crippen LogP contribution in [0.15, 0.2) is 42.6 Å². The predicted molar refractivity (Wildman–Crippen MR) is 93.5 cm³/mol. The number of benzene rings is 1. The van der Waals surface area contributed by atoms with Gasteiger partial charge in [0, 0.05) is 38.0 Å². The van der Waals surface area contributed by atoms with Gasteiger partial charge in [0.25, 0.3) is 0 Å². The van der Waals surface area contributed by atoms with Crippen LogP contribution in [0.1, 0.15) is 5.56 Å². The first-order chi connectivity index (χ1) is 12.2. The van der Waals surface area contributed by atoms with Gasteiger partial charge in [-0.15, -0.1) is 0 Å². The highest BCUT2D eigenvalue weighted by atomic mass is 19.1. The number of halogens is 1. The molecular weight excluding hydrogens is 323 g/mol. The molecule has 7 heteroatoms. The normalized spacial score (nSPS) is 15.6. The fraction of sp³-hybridized carbons (Fsp3) is 0.333. The minimum absolute atomic E-state index is 0.275. The molecule has 2 aromatic rings. The van der Waals surface area contributed by atoms with Crippen molar-refractivity contribution in [1.29, 1.82) is 0 Å². The number of nitrogens with one attached hydrogen (secondary N) is 1. The first-order valence-electron chi connectivity index (χ1n) is 8.27. The van der Waals surface area contributed by atoms with Gasteiger partial charge in [0.15, 0.2) is 5.82 Å². The molecular formula is C18H21FN4O2. The predicted octanol–water partition coefficient (Wildman–Crippen LogP) is 2.01. The van der Waals surface area contributed by atoms with Gasteiger partial charge < -0.3 is 10.1 Å². The number of nitrogens with zero attached hydrogens (tertiary/aromatic N) is 3. The van der Waals surface area contributed by atoms with E-state index in [2.05, 4.69) is 15.3 Å². The number of carbonyl (C=O) groups excluding carboxylic acids is 1. The van der Waals surface area contributed by atoms with Crippen LogP contribution in [0, 0.1) is 5.82 Å². The lowest BCUT2D eigenvalue weighted by molar-refractivity contribution is -0.111. The zero-order valence-electron chi connectivity index (χ0n) is 13.9. The quantitative estimate of drug-likeness (QED) is 0.815. The standard InChI is InChI=1S/C18H21FN4O2/c19-16-4-1-15(2-5-16)3-6-18(24)20-17-7-8-23(21-17)10-9-22-11-13-25-14-12-22/h1-8H,9-14H2,(H,20,21,24)/b6-3-. The second kappa shape index (κ2) is 8.55. The van der Waals surface area contributed by atoms with E-state index in [1.807, 2.05) is 10.9 Å². The summed E-state index contributed by atoms with van der Waals surface area (Å²) in [6.45, 7) is 5.11. The van der Waals surface area contributed by atoms with E-state index in [0.717, 1.165) is 45.0 Å². The fourth-order valence-corrected chi connectivity index (χ4v) is 2.54. The second-order valence-corrected chi connectivity index (χ2v) is 5.79. The lowest BCUT2D eigenvalue weighted by atomic mass is 10.2. The zero-order chi connectivity index (χ0) is 17.5. The lowest BCUT2D eigenvalue weighted by Gasteiger charge is -2.26. The van der Waals surface area contributed by atoms with E-state index in [1.165, 1.54) is 18.2 Å². The molecule has 0 saturated carbocycles. The molecule has 132 valence electrons. The summed E-state index contributed by atoms with van der Waals surface area (Å²) in [4.78, 5) is 14.3. The summed E-state index contributed by atoms with van der Waals surface area (Å²) >= 11 is 0. The third-order valence-corrected chi connectivity index (χ3v) is 3.94. The molecule has 1 saturated heterocycles. The maximum absolute atomic E-state index is 12.8. The smallest absolute Gasteiger partial charge is 0.249 e. The fourth-order valence-electron chi connectivity index (χ4n) is 2.54. The topological polar surface area (TPSA) is 59.4 Å². The van der Waals surface area contributed by atoms with E-state index in [0.29, 0.717) is 5.82 Å². The van der Waals surface area contributed by atoms with Crippen molar-refractivity contribution in [1.82, 2.24) is 14.7 Å². The minimum Gasteiger partial charge on any atom is -0.379 e. The average Bonchev–Trinajstić information content (AvgIpc) is 3.08. The number of carbonyl (C=O) groups is 1. The van der Waals surface area contributed by atoms with E-state index in [-0.39, 0.29) is 11.7 Å². The Morgan fingerprint density at radius 2 is 1.96 bits per heavy atom. The molecule has 3 rings (SSSR count). The summed E-state index contributed by atoms with van der Waals surface area (Å²) < 4.78 is 20.0. The first-order valence-corrected chi connectivity index (χ1v) is 8.27. The van der Waals surface area contributed by atoms with Gasteiger partial charge in [0.05, 0.1) is 19.8 Å². The summed E-state index contributed by atoms with van der Waals surface area (Å²) in [7, 11) is 0. The number of anilines is 1. The summed E-state index contributed by atoms with van der Waals surface area (Å²) in [5.74, 6) is -0.0669. The maximum Gasteiger partial charge on any atom is 0.249 e. The Labute approximate surface area is 145 Å². The molecule has 2 heterocycles. The Kier molecular flexibility index (Phi) is 5.92. The number of amides is 1. The monoisotopic (exact) mass is 344 g/mol. The Hall–Kier alpha value is -2.51. The number of aromatic nitrogens is 2. The highest BCUT2D eigenvalue weighted by Gasteiger charge is 2.10. The van der Waals surface area contributed by atoms with E-state index in [1.54, 1.807) is 24.3 Å². The Balaban J connectivity index is 1.46. The molecule has 0 bridgehead atoms. The van der Waals surface area contributed by atoms with Crippen LogP contribution in [0.5, 0.6) is 0 Å². The minimum atomic E-state index is -0.302. The third kappa shape index (κ3) is 5.51. The molecule has 1 aliphatic rings. The van der Waals surface area contributed by atoms with Crippen LogP contribution in [0.3, 0.4) is 0 Å². The van der Waals surface area contributed by atoms with E-state index < -0.39 is 0 Å². The lowest BCUT2D eigenvalue weighted by Crippen LogP contribution is -2.38. The third-order valence-electron chi connectivity index (χ3n) is 3.94. The van der Waals surface area contributed by atoms with Crippen LogP contribution in [-0.2, 0) is 16.1 Å². The van der Waals surface area contributed by atoms with Gasteiger partial charge in [0.1, 0.15) is 5.82 Å². The Bertz CT molecular complexity index is 721. The molecule has 25 heavy (non-hydrogen) atoms. The SMILES string of the molecule is O=C(/C=C\c1ccc(F)cc1)Nc1ccn(CCN2CCOCC2)n1. The Morgan fingerprint density at radius 1 is 1.20 bits per heavy atom. The van der Waals surface area contributed by atoms with Gasteiger partial charge >= 0.3 is 0 Å². The molecule has 1 N–H and O–H groups in total. The molecule has 0 spiro atoms. The molecule has 0 aliphatic carbocycles. The van der Waals surface area contributed by atoms with Gasteiger partial charge in [-0.25, -0.2) is 4.39 Å². The van der Waals surface area contributed by atoms with Gasteiger partial charge in [-0.2, -0.15) is 5.10 Å². The van der Waals surface area contributed by atoms with Gasteiger partial charge in [-0.1, -0.05) is 12.1 Å². The summed E-state index contributed by atoms with van der Waals surface area (Å²) in [5.41, 5.74) is 0.757. The van der Waals surface area contributed by atoms with Crippen LogP contribution in [0.2, 0.25) is 0 Å². The molecule has 1 aromatic carbocycles. The number of rotatable bonds is 6. The molecule has 1 aliphatic heterocycles. The highest BCUT2D eigenvalue weighted by molar-refractivity contribution is 6.01. The van der Waals surface area contributed by atoms with Crippen LogP contribution < -0.4 is 5.32 Å². The van der Waals surface area contributed by atoms with Crippen LogP contribution in [-0.4, -0.2) is 53.4 Å². The van der Waals surface area contributed by atoms with Crippen molar-refractivity contribution in [3.63, 3.8) is 0 Å². The zero-order valence-corrected chi connectivity index (χ0v) is 13.9. The van der Waals surface area contributed by atoms with Gasteiger partial charge in [-0.05, 0) is 23.8 Å². The van der Waals surface area contributed by atoms with Crippen LogP contribution >= 0.6 is 0 Å². The molecule has 0 radical (unpaired) electrons. The van der Waals surface area contributed by atoms with E-state index in [4.69, 9.17) is 4.74 Å². The largest absolute Gasteiger partial charge is 0.379 e. The van der Waals surface area contributed by atoms with Crippen molar-refractivity contribution >= 4 is 17.8 Å². The number of hydrogen-bond donors (Lipinski definition) is 1. The van der Waals surface area contributed by atoms with Crippen molar-refractivity contribution in [2.75, 3.05) is 38.2 Å². The van der Waals surface area contributed by atoms with Crippen LogP contribution in [0.4, 0.5) is 10.2 Å². The first kappa shape index (κ1) is 17.3. The highest BCUT2D eigenvalue weighted by Crippen LogP contribution is 2.06.